The van der Waals surface area contributed by atoms with Crippen LogP contribution < -0.4 is 10.1 Å². The SMILES string of the molecule is C=CC(Cc1ccccc1)Nc1ccc(OC)cc1. The molecule has 2 heteroatoms. The summed E-state index contributed by atoms with van der Waals surface area (Å²) >= 11 is 0. The molecule has 0 spiro atoms. The van der Waals surface area contributed by atoms with Gasteiger partial charge in [-0.05, 0) is 36.2 Å². The van der Waals surface area contributed by atoms with E-state index in [2.05, 4.69) is 36.2 Å². The van der Waals surface area contributed by atoms with E-state index in [9.17, 15) is 0 Å². The van der Waals surface area contributed by atoms with Crippen molar-refractivity contribution in [1.29, 1.82) is 0 Å². The lowest BCUT2D eigenvalue weighted by molar-refractivity contribution is 0.415. The lowest BCUT2D eigenvalue weighted by Crippen LogP contribution is -2.19. The van der Waals surface area contributed by atoms with Crippen molar-refractivity contribution in [2.45, 2.75) is 12.5 Å². The third-order valence-electron chi connectivity index (χ3n) is 3.03. The second-order valence-electron chi connectivity index (χ2n) is 4.40. The van der Waals surface area contributed by atoms with Crippen molar-refractivity contribution in [2.75, 3.05) is 12.4 Å². The third kappa shape index (κ3) is 3.88. The lowest BCUT2D eigenvalue weighted by atomic mass is 10.1. The Kier molecular flexibility index (Phi) is 4.62. The Morgan fingerprint density at radius 2 is 1.79 bits per heavy atom. The van der Waals surface area contributed by atoms with E-state index in [0.717, 1.165) is 17.9 Å². The van der Waals surface area contributed by atoms with Gasteiger partial charge in [0.2, 0.25) is 0 Å². The summed E-state index contributed by atoms with van der Waals surface area (Å²) in [6.07, 6.45) is 2.87. The Morgan fingerprint density at radius 1 is 1.11 bits per heavy atom. The number of rotatable bonds is 6. The highest BCUT2D eigenvalue weighted by Gasteiger charge is 2.05. The van der Waals surface area contributed by atoms with E-state index in [1.165, 1.54) is 5.56 Å². The van der Waals surface area contributed by atoms with Crippen LogP contribution in [-0.4, -0.2) is 13.2 Å². The molecule has 0 heterocycles. The molecule has 0 bridgehead atoms. The maximum absolute atomic E-state index is 5.15. The van der Waals surface area contributed by atoms with Gasteiger partial charge in [0.1, 0.15) is 5.75 Å². The molecule has 0 saturated carbocycles. The first-order valence-electron chi connectivity index (χ1n) is 6.39. The van der Waals surface area contributed by atoms with Crippen molar-refractivity contribution < 1.29 is 4.74 Å². The van der Waals surface area contributed by atoms with Crippen molar-refractivity contribution in [3.05, 3.63) is 72.8 Å². The van der Waals surface area contributed by atoms with Crippen LogP contribution in [0.3, 0.4) is 0 Å². The second kappa shape index (κ2) is 6.64. The molecule has 0 aromatic heterocycles. The van der Waals surface area contributed by atoms with E-state index < -0.39 is 0 Å². The minimum Gasteiger partial charge on any atom is -0.497 e. The Labute approximate surface area is 114 Å². The molecule has 0 aliphatic heterocycles. The first-order valence-corrected chi connectivity index (χ1v) is 6.39. The highest BCUT2D eigenvalue weighted by Crippen LogP contribution is 2.17. The normalized spacial score (nSPS) is 11.6. The van der Waals surface area contributed by atoms with Crippen LogP contribution in [0.5, 0.6) is 5.75 Å². The standard InChI is InChI=1S/C17H19NO/c1-3-15(13-14-7-5-4-6-8-14)18-16-9-11-17(19-2)12-10-16/h3-12,15,18H,1,13H2,2H3. The fourth-order valence-corrected chi connectivity index (χ4v) is 1.96. The monoisotopic (exact) mass is 253 g/mol. The van der Waals surface area contributed by atoms with Crippen LogP contribution in [0, 0.1) is 0 Å². The predicted molar refractivity (Wildman–Crippen MR) is 80.7 cm³/mol. The molecule has 2 nitrogen and oxygen atoms in total. The van der Waals surface area contributed by atoms with Crippen LogP contribution in [0.25, 0.3) is 0 Å². The Bertz CT molecular complexity index is 505. The predicted octanol–water partition coefficient (Wildman–Crippen LogP) is 3.90. The Morgan fingerprint density at radius 3 is 2.37 bits per heavy atom. The highest BCUT2D eigenvalue weighted by molar-refractivity contribution is 5.48. The van der Waals surface area contributed by atoms with Gasteiger partial charge in [-0.25, -0.2) is 0 Å². The highest BCUT2D eigenvalue weighted by atomic mass is 16.5. The van der Waals surface area contributed by atoms with Crippen LogP contribution in [-0.2, 0) is 6.42 Å². The fourth-order valence-electron chi connectivity index (χ4n) is 1.96. The quantitative estimate of drug-likeness (QED) is 0.788. The number of benzene rings is 2. The molecular weight excluding hydrogens is 234 g/mol. The van der Waals surface area contributed by atoms with Gasteiger partial charge < -0.3 is 10.1 Å². The van der Waals surface area contributed by atoms with Gasteiger partial charge in [0.25, 0.3) is 0 Å². The van der Waals surface area contributed by atoms with Crippen molar-refractivity contribution in [2.24, 2.45) is 0 Å². The number of hydrogen-bond acceptors (Lipinski definition) is 2. The third-order valence-corrected chi connectivity index (χ3v) is 3.03. The van der Waals surface area contributed by atoms with Gasteiger partial charge in [0, 0.05) is 11.7 Å². The van der Waals surface area contributed by atoms with Crippen LogP contribution in [0.4, 0.5) is 5.69 Å². The average Bonchev–Trinajstić information content (AvgIpc) is 2.48. The van der Waals surface area contributed by atoms with Gasteiger partial charge in [-0.2, -0.15) is 0 Å². The van der Waals surface area contributed by atoms with Crippen LogP contribution >= 0.6 is 0 Å². The van der Waals surface area contributed by atoms with E-state index in [0.29, 0.717) is 0 Å². The summed E-state index contributed by atoms with van der Waals surface area (Å²) in [6.45, 7) is 3.90. The van der Waals surface area contributed by atoms with E-state index >= 15 is 0 Å². The summed E-state index contributed by atoms with van der Waals surface area (Å²) in [5, 5.41) is 3.45. The van der Waals surface area contributed by atoms with Gasteiger partial charge in [0.15, 0.2) is 0 Å². The molecule has 0 aliphatic rings. The number of anilines is 1. The van der Waals surface area contributed by atoms with Crippen LogP contribution in [0.1, 0.15) is 5.56 Å². The molecule has 0 fully saturated rings. The van der Waals surface area contributed by atoms with Crippen LogP contribution in [0.15, 0.2) is 67.3 Å². The minimum atomic E-state index is 0.218. The number of hydrogen-bond donors (Lipinski definition) is 1. The summed E-state index contributed by atoms with van der Waals surface area (Å²) in [5.41, 5.74) is 2.37. The molecule has 2 rings (SSSR count). The molecule has 0 radical (unpaired) electrons. The zero-order valence-electron chi connectivity index (χ0n) is 11.2. The number of ether oxygens (including phenoxy) is 1. The lowest BCUT2D eigenvalue weighted by Gasteiger charge is -2.16. The molecule has 2 aromatic carbocycles. The molecule has 1 N–H and O–H groups in total. The Hall–Kier alpha value is -2.22. The first kappa shape index (κ1) is 13.2. The first-order chi connectivity index (χ1) is 9.31. The zero-order valence-corrected chi connectivity index (χ0v) is 11.2. The largest absolute Gasteiger partial charge is 0.497 e. The zero-order chi connectivity index (χ0) is 13.5. The van der Waals surface area contributed by atoms with Gasteiger partial charge in [-0.3, -0.25) is 0 Å². The maximum atomic E-state index is 5.15. The number of nitrogens with one attached hydrogen (secondary N) is 1. The molecule has 0 aliphatic carbocycles. The van der Waals surface area contributed by atoms with E-state index in [-0.39, 0.29) is 6.04 Å². The van der Waals surface area contributed by atoms with Crippen molar-refractivity contribution in [3.8, 4) is 5.75 Å². The van der Waals surface area contributed by atoms with Gasteiger partial charge in [-0.1, -0.05) is 36.4 Å². The fraction of sp³-hybridized carbons (Fsp3) is 0.176. The molecule has 1 unspecified atom stereocenters. The molecule has 0 amide bonds. The minimum absolute atomic E-state index is 0.218. The molecule has 19 heavy (non-hydrogen) atoms. The average molecular weight is 253 g/mol. The molecule has 98 valence electrons. The Balaban J connectivity index is 2.00. The molecule has 0 saturated heterocycles. The summed E-state index contributed by atoms with van der Waals surface area (Å²) in [4.78, 5) is 0. The van der Waals surface area contributed by atoms with Crippen molar-refractivity contribution in [1.82, 2.24) is 0 Å². The smallest absolute Gasteiger partial charge is 0.119 e. The number of methoxy groups -OCH3 is 1. The molecule has 2 aromatic rings. The maximum Gasteiger partial charge on any atom is 0.119 e. The topological polar surface area (TPSA) is 21.3 Å². The van der Waals surface area contributed by atoms with Gasteiger partial charge in [0.05, 0.1) is 7.11 Å². The van der Waals surface area contributed by atoms with E-state index in [4.69, 9.17) is 4.74 Å². The second-order valence-corrected chi connectivity index (χ2v) is 4.40. The van der Waals surface area contributed by atoms with E-state index in [1.807, 2.05) is 36.4 Å². The summed E-state index contributed by atoms with van der Waals surface area (Å²) in [5.74, 6) is 0.865. The van der Waals surface area contributed by atoms with Crippen molar-refractivity contribution in [3.63, 3.8) is 0 Å². The molecule has 1 atom stereocenters. The summed E-state index contributed by atoms with van der Waals surface area (Å²) in [7, 11) is 1.67. The van der Waals surface area contributed by atoms with Crippen LogP contribution in [0.2, 0.25) is 0 Å². The summed E-state index contributed by atoms with van der Waals surface area (Å²) < 4.78 is 5.15. The van der Waals surface area contributed by atoms with Crippen molar-refractivity contribution >= 4 is 5.69 Å². The van der Waals surface area contributed by atoms with Gasteiger partial charge >= 0.3 is 0 Å². The van der Waals surface area contributed by atoms with Gasteiger partial charge in [-0.15, -0.1) is 6.58 Å². The summed E-state index contributed by atoms with van der Waals surface area (Å²) in [6, 6.07) is 18.6. The molecular formula is C17H19NO. The van der Waals surface area contributed by atoms with E-state index in [1.54, 1.807) is 7.11 Å².